The molecule has 4 saturated carbocycles. The van der Waals surface area contributed by atoms with Crippen LogP contribution >= 0.6 is 0 Å². The van der Waals surface area contributed by atoms with Crippen molar-refractivity contribution in [3.63, 3.8) is 0 Å². The predicted molar refractivity (Wildman–Crippen MR) is 265 cm³/mol. The molecule has 0 spiro atoms. The average molecular weight is 1010 g/mol. The van der Waals surface area contributed by atoms with E-state index in [4.69, 9.17) is 9.47 Å². The van der Waals surface area contributed by atoms with Gasteiger partial charge in [-0.25, -0.2) is 0 Å². The van der Waals surface area contributed by atoms with Gasteiger partial charge in [-0.1, -0.05) is 104 Å². The van der Waals surface area contributed by atoms with Crippen LogP contribution in [0.4, 0.5) is 0 Å². The van der Waals surface area contributed by atoms with E-state index in [0.717, 1.165) is 41.5 Å². The molecule has 0 radical (unpaired) electrons. The van der Waals surface area contributed by atoms with Crippen molar-refractivity contribution in [2.45, 2.75) is 167 Å². The number of hydrogen-bond acceptors (Lipinski definition) is 11. The Morgan fingerprint density at radius 3 is 1.57 bits per heavy atom. The molecule has 4 N–H and O–H groups in total. The Labute approximate surface area is 415 Å². The Morgan fingerprint density at radius 2 is 1.11 bits per heavy atom. The van der Waals surface area contributed by atoms with E-state index in [1.165, 1.54) is 0 Å². The highest BCUT2D eigenvalue weighted by molar-refractivity contribution is 7.86. The lowest BCUT2D eigenvalue weighted by Gasteiger charge is -2.61. The number of esters is 2. The van der Waals surface area contributed by atoms with E-state index < -0.39 is 85.0 Å². The Hall–Kier alpha value is -4.19. The smallest absolute Gasteiger partial charge is 0.306 e. The quantitative estimate of drug-likeness (QED) is 0.0826. The number of hydrogen-bond donors (Lipinski definition) is 4. The first kappa shape index (κ1) is 55.1. The molecule has 2 aromatic rings. The number of carbonyl (C=O) groups is 5. The van der Waals surface area contributed by atoms with Crippen LogP contribution in [0.2, 0.25) is 0 Å². The molecule has 17 heteroatoms. The van der Waals surface area contributed by atoms with E-state index >= 15 is 0 Å². The van der Waals surface area contributed by atoms with Gasteiger partial charge in [0.2, 0.25) is 11.8 Å². The van der Waals surface area contributed by atoms with Crippen LogP contribution in [-0.2, 0) is 64.5 Å². The molecule has 388 valence electrons. The molecule has 2 amide bonds. The monoisotopic (exact) mass is 1010 g/mol. The third-order valence-corrected chi connectivity index (χ3v) is 17.9. The molecule has 0 heterocycles. The molecule has 2 unspecified atom stereocenters. The van der Waals surface area contributed by atoms with Gasteiger partial charge in [-0.05, 0) is 101 Å². The lowest BCUT2D eigenvalue weighted by molar-refractivity contribution is -0.197. The molecule has 15 nitrogen and oxygen atoms in total. The van der Waals surface area contributed by atoms with Crippen LogP contribution in [-0.4, -0.2) is 92.3 Å². The van der Waals surface area contributed by atoms with Gasteiger partial charge in [-0.3, -0.25) is 33.1 Å². The first-order valence-electron chi connectivity index (χ1n) is 25.0. The van der Waals surface area contributed by atoms with Crippen LogP contribution in [0.3, 0.4) is 0 Å². The second-order valence-corrected chi connectivity index (χ2v) is 26.4. The van der Waals surface area contributed by atoms with Crippen molar-refractivity contribution in [2.75, 3.05) is 24.6 Å². The predicted octanol–water partition coefficient (Wildman–Crippen LogP) is 7.76. The highest BCUT2D eigenvalue weighted by atomic mass is 32.2. The number of benzene rings is 2. The Bertz CT molecular complexity index is 2460. The van der Waals surface area contributed by atoms with E-state index in [1.54, 1.807) is 0 Å². The van der Waals surface area contributed by atoms with Crippen LogP contribution in [0.15, 0.2) is 48.5 Å². The maximum absolute atomic E-state index is 14.4. The van der Waals surface area contributed by atoms with Gasteiger partial charge in [-0.15, -0.1) is 0 Å². The molecule has 4 fully saturated rings. The molecule has 0 aliphatic heterocycles. The molecular formula is C53H76N2O13S2. The summed E-state index contributed by atoms with van der Waals surface area (Å²) in [4.78, 5) is 68.3. The van der Waals surface area contributed by atoms with Crippen molar-refractivity contribution in [3.8, 4) is 0 Å². The number of fused-ring (bicyclic) bond motifs is 5. The minimum absolute atomic E-state index is 0.127. The normalized spacial score (nSPS) is 27.8. The molecule has 4 aliphatic carbocycles. The first-order valence-corrected chi connectivity index (χ1v) is 28.2. The number of amides is 2. The van der Waals surface area contributed by atoms with Gasteiger partial charge in [0.15, 0.2) is 0 Å². The van der Waals surface area contributed by atoms with Gasteiger partial charge >= 0.3 is 11.9 Å². The summed E-state index contributed by atoms with van der Waals surface area (Å²) in [7, 11) is -8.60. The fourth-order valence-corrected chi connectivity index (χ4v) is 13.2. The maximum Gasteiger partial charge on any atom is 0.306 e. The van der Waals surface area contributed by atoms with Gasteiger partial charge in [0, 0.05) is 55.5 Å². The Morgan fingerprint density at radius 1 is 0.643 bits per heavy atom. The third-order valence-electron chi connectivity index (χ3n) is 16.4. The molecule has 70 heavy (non-hydrogen) atoms. The molecule has 0 saturated heterocycles. The van der Waals surface area contributed by atoms with Crippen LogP contribution < -0.4 is 10.6 Å². The topological polar surface area (TPSA) is 237 Å². The summed E-state index contributed by atoms with van der Waals surface area (Å²) >= 11 is 0. The number of rotatable bonds is 18. The second kappa shape index (κ2) is 21.5. The minimum atomic E-state index is -4.31. The van der Waals surface area contributed by atoms with E-state index in [0.29, 0.717) is 37.9 Å². The minimum Gasteiger partial charge on any atom is -0.462 e. The van der Waals surface area contributed by atoms with E-state index in [9.17, 15) is 49.9 Å². The third kappa shape index (κ3) is 13.9. The van der Waals surface area contributed by atoms with Crippen LogP contribution in [0.1, 0.15) is 167 Å². The highest BCUT2D eigenvalue weighted by Gasteiger charge is 2.63. The fourth-order valence-electron chi connectivity index (χ4n) is 12.5. The fraction of sp³-hybridized carbons (Fsp3) is 0.679. The van der Waals surface area contributed by atoms with Crippen LogP contribution in [0.25, 0.3) is 0 Å². The summed E-state index contributed by atoms with van der Waals surface area (Å²) in [6.45, 7) is 16.3. The molecule has 10 atom stereocenters. The van der Waals surface area contributed by atoms with Crippen molar-refractivity contribution in [3.05, 3.63) is 70.8 Å². The summed E-state index contributed by atoms with van der Waals surface area (Å²) in [5.74, 6) is -3.86. The molecule has 0 aromatic heterocycles. The Balaban J connectivity index is 1.23. The van der Waals surface area contributed by atoms with Gasteiger partial charge in [0.25, 0.3) is 20.2 Å². The lowest BCUT2D eigenvalue weighted by atomic mass is 9.44. The molecule has 6 rings (SSSR count). The first-order chi connectivity index (χ1) is 32.4. The number of Topliss-reactive ketones (excluding diaryl/α,β-unsaturated/α-hetero) is 1. The molecule has 0 bridgehead atoms. The van der Waals surface area contributed by atoms with Crippen molar-refractivity contribution in [1.82, 2.24) is 10.6 Å². The lowest BCUT2D eigenvalue weighted by Crippen LogP contribution is -2.59. The van der Waals surface area contributed by atoms with Crippen LogP contribution in [0, 0.1) is 34.5 Å². The van der Waals surface area contributed by atoms with Crippen molar-refractivity contribution >= 4 is 49.8 Å². The van der Waals surface area contributed by atoms with Gasteiger partial charge in [-0.2, -0.15) is 16.8 Å². The highest BCUT2D eigenvalue weighted by Crippen LogP contribution is 2.66. The number of nitrogens with one attached hydrogen (secondary N) is 2. The van der Waals surface area contributed by atoms with Crippen LogP contribution in [0.5, 0.6) is 0 Å². The van der Waals surface area contributed by atoms with Crippen molar-refractivity contribution in [1.29, 1.82) is 0 Å². The van der Waals surface area contributed by atoms with E-state index in [2.05, 4.69) is 66.0 Å². The summed E-state index contributed by atoms with van der Waals surface area (Å²) in [6, 6.07) is 15.4. The van der Waals surface area contributed by atoms with Gasteiger partial charge < -0.3 is 20.1 Å². The molecule has 4 aliphatic rings. The van der Waals surface area contributed by atoms with Gasteiger partial charge in [0.05, 0.1) is 24.3 Å². The summed E-state index contributed by atoms with van der Waals surface area (Å²) in [5, 5.41) is 5.09. The number of ketones is 1. The van der Waals surface area contributed by atoms with Gasteiger partial charge in [0.1, 0.15) is 18.0 Å². The van der Waals surface area contributed by atoms with E-state index in [-0.39, 0.29) is 78.7 Å². The zero-order valence-electron chi connectivity index (χ0n) is 42.3. The standard InChI is InChI=1S/C53H76N2O13S2/c1-50(2,3)37-13-9-33(10-14-37)35(27-46(57)54-23-25-69(61,62)63)29-48(59)67-39-19-21-52(7)42-20-22-53(8)41(17-18-45(53)56)40(42)32-44(43(52)31-39)68-49(60)30-36(28-47(58)55-24-26-70(64,65)66)34-11-15-38(16-12-34)51(4,5)6/h9-16,35-36,39-44H,17-32H2,1-8H3,(H,54,57)(H,55,58)(H,61,62,63)(H,64,65,66)/t35?,36?,39-,40-,41-,42-,43+,44-,52+,53-/m0/s1. The number of carbonyl (C=O) groups excluding carboxylic acids is 5. The van der Waals surface area contributed by atoms with Crippen molar-refractivity contribution in [2.24, 2.45) is 34.5 Å². The van der Waals surface area contributed by atoms with Crippen molar-refractivity contribution < 1.29 is 59.4 Å². The summed E-state index contributed by atoms with van der Waals surface area (Å²) < 4.78 is 76.7. The zero-order chi connectivity index (χ0) is 51.6. The SMILES string of the molecule is CC(C)(C)c1ccc(C(CC(=O)NCCS(=O)(=O)O)CC(=O)O[C@H]2CC[C@@]3(C)[C@H](C2)[C@@H](OC(=O)CC(CC(=O)NCCS(=O)(=O)O)c2ccc(C(C)(C)C)cc2)C[C@@H]2[C@@H]3CC[C@]3(C)C(=O)CC[C@@H]23)cc1. The Kier molecular flexibility index (Phi) is 16.9. The summed E-state index contributed by atoms with van der Waals surface area (Å²) in [6.07, 6.45) is 3.60. The second-order valence-electron chi connectivity index (χ2n) is 23.3. The maximum atomic E-state index is 14.4. The largest absolute Gasteiger partial charge is 0.462 e. The zero-order valence-corrected chi connectivity index (χ0v) is 43.9. The molecular weight excluding hydrogens is 937 g/mol. The summed E-state index contributed by atoms with van der Waals surface area (Å²) in [5.41, 5.74) is 2.57. The van der Waals surface area contributed by atoms with E-state index in [1.807, 2.05) is 48.5 Å². The molecule has 2 aromatic carbocycles. The number of ether oxygens (including phenoxy) is 2. The average Bonchev–Trinajstić information content (AvgIpc) is 3.55.